The summed E-state index contributed by atoms with van der Waals surface area (Å²) >= 11 is 0. The summed E-state index contributed by atoms with van der Waals surface area (Å²) in [6.07, 6.45) is 6.53. The van der Waals surface area contributed by atoms with Crippen LogP contribution in [0, 0.1) is 0 Å². The van der Waals surface area contributed by atoms with E-state index in [1.807, 2.05) is 23.3 Å². The maximum atomic E-state index is 12.6. The number of amides is 1. The van der Waals surface area contributed by atoms with Gasteiger partial charge in [0.2, 0.25) is 5.91 Å². The molecule has 0 bridgehead atoms. The van der Waals surface area contributed by atoms with E-state index >= 15 is 0 Å². The minimum atomic E-state index is 0.0334. The minimum Gasteiger partial charge on any atom is -0.342 e. The molecule has 0 unspecified atom stereocenters. The number of likely N-dealkylation sites (tertiary alicyclic amines) is 1. The summed E-state index contributed by atoms with van der Waals surface area (Å²) in [4.78, 5) is 29.0. The summed E-state index contributed by atoms with van der Waals surface area (Å²) in [6.45, 7) is 7.89. The molecule has 7 nitrogen and oxygen atoms in total. The van der Waals surface area contributed by atoms with Gasteiger partial charge in [-0.1, -0.05) is 12.8 Å². The molecule has 1 saturated carbocycles. The van der Waals surface area contributed by atoms with Crippen LogP contribution in [0.15, 0.2) is 4.79 Å². The zero-order valence-electron chi connectivity index (χ0n) is 16.5. The number of aryl methyl sites for hydroxylation is 1. The second-order valence-electron chi connectivity index (χ2n) is 7.69. The molecule has 1 aliphatic carbocycles. The van der Waals surface area contributed by atoms with Crippen LogP contribution in [0.3, 0.4) is 0 Å². The van der Waals surface area contributed by atoms with Crippen molar-refractivity contribution in [2.24, 2.45) is 7.05 Å². The van der Waals surface area contributed by atoms with Crippen LogP contribution in [-0.2, 0) is 11.8 Å². The molecule has 1 amide bonds. The molecule has 1 saturated heterocycles. The topological polar surface area (TPSA) is 63.4 Å². The Kier molecular flexibility index (Phi) is 6.16. The molecule has 146 valence electrons. The van der Waals surface area contributed by atoms with Crippen molar-refractivity contribution in [3.05, 3.63) is 16.3 Å². The highest BCUT2D eigenvalue weighted by molar-refractivity contribution is 5.78. The van der Waals surface area contributed by atoms with Crippen LogP contribution in [0.4, 0.5) is 0 Å². The molecule has 0 atom stereocenters. The Bertz CT molecular complexity index is 662. The number of rotatable bonds is 6. The third-order valence-electron chi connectivity index (χ3n) is 6.10. The highest BCUT2D eigenvalue weighted by atomic mass is 16.2. The van der Waals surface area contributed by atoms with Crippen molar-refractivity contribution in [3.63, 3.8) is 0 Å². The zero-order valence-corrected chi connectivity index (χ0v) is 16.5. The highest BCUT2D eigenvalue weighted by Gasteiger charge is 2.30. The monoisotopic (exact) mass is 363 g/mol. The first-order chi connectivity index (χ1) is 12.5. The summed E-state index contributed by atoms with van der Waals surface area (Å²) in [6, 6.07) is 0.327. The molecule has 1 aromatic heterocycles. The first-order valence-corrected chi connectivity index (χ1v) is 10.2. The molecule has 0 N–H and O–H groups in total. The van der Waals surface area contributed by atoms with Gasteiger partial charge in [-0.25, -0.2) is 9.48 Å². The smallest absolute Gasteiger partial charge is 0.342 e. The minimum absolute atomic E-state index is 0.0334. The third-order valence-corrected chi connectivity index (χ3v) is 6.10. The van der Waals surface area contributed by atoms with Gasteiger partial charge in [0.1, 0.15) is 5.82 Å². The van der Waals surface area contributed by atoms with E-state index in [4.69, 9.17) is 0 Å². The summed E-state index contributed by atoms with van der Waals surface area (Å²) < 4.78 is 3.48. The molecule has 7 heteroatoms. The fraction of sp³-hybridized carbons (Fsp3) is 0.842. The number of carbonyl (C=O) groups excluding carboxylic acids is 1. The number of hydrogen-bond donors (Lipinski definition) is 0. The predicted octanol–water partition coefficient (Wildman–Crippen LogP) is 1.74. The number of nitrogens with zero attached hydrogens (tertiary/aromatic N) is 5. The summed E-state index contributed by atoms with van der Waals surface area (Å²) in [5.74, 6) is 1.51. The Morgan fingerprint density at radius 3 is 2.31 bits per heavy atom. The van der Waals surface area contributed by atoms with Crippen LogP contribution in [0.5, 0.6) is 0 Å². The van der Waals surface area contributed by atoms with Crippen molar-refractivity contribution in [1.82, 2.24) is 24.1 Å². The van der Waals surface area contributed by atoms with Crippen molar-refractivity contribution in [2.75, 3.05) is 32.7 Å². The fourth-order valence-electron chi connectivity index (χ4n) is 4.50. The molecular weight excluding hydrogens is 330 g/mol. The Morgan fingerprint density at radius 2 is 1.73 bits per heavy atom. The van der Waals surface area contributed by atoms with Gasteiger partial charge >= 0.3 is 5.69 Å². The first kappa shape index (κ1) is 19.1. The van der Waals surface area contributed by atoms with E-state index < -0.39 is 0 Å². The molecule has 1 aliphatic heterocycles. The summed E-state index contributed by atoms with van der Waals surface area (Å²) in [5, 5.41) is 4.59. The quantitative estimate of drug-likeness (QED) is 0.772. The third kappa shape index (κ3) is 3.87. The number of carbonyl (C=O) groups is 1. The molecule has 2 heterocycles. The van der Waals surface area contributed by atoms with Crippen LogP contribution in [0.1, 0.15) is 70.2 Å². The molecule has 0 aromatic carbocycles. The lowest BCUT2D eigenvalue weighted by atomic mass is 9.95. The lowest BCUT2D eigenvalue weighted by molar-refractivity contribution is -0.132. The standard InChI is InChI=1S/C19H33N5O2/c1-4-23(5-2)17(25)14-22-12-10-15(11-13-22)18-20-21(3)19(26)24(18)16-8-6-7-9-16/h15-16H,4-14H2,1-3H3. The molecule has 2 aliphatic rings. The average molecular weight is 364 g/mol. The molecule has 3 rings (SSSR count). The highest BCUT2D eigenvalue weighted by Crippen LogP contribution is 2.33. The molecule has 1 aromatic rings. The molecule has 0 radical (unpaired) electrons. The summed E-state index contributed by atoms with van der Waals surface area (Å²) in [7, 11) is 1.76. The van der Waals surface area contributed by atoms with E-state index in [9.17, 15) is 9.59 Å². The van der Waals surface area contributed by atoms with Crippen LogP contribution in [0.25, 0.3) is 0 Å². The van der Waals surface area contributed by atoms with Gasteiger partial charge in [-0.3, -0.25) is 14.3 Å². The van der Waals surface area contributed by atoms with Gasteiger partial charge in [-0.2, -0.15) is 5.10 Å². The predicted molar refractivity (Wildman–Crippen MR) is 101 cm³/mol. The molecular formula is C19H33N5O2. The van der Waals surface area contributed by atoms with Gasteiger partial charge in [0.25, 0.3) is 0 Å². The number of aromatic nitrogens is 3. The first-order valence-electron chi connectivity index (χ1n) is 10.2. The molecule has 26 heavy (non-hydrogen) atoms. The lowest BCUT2D eigenvalue weighted by Crippen LogP contribution is -2.43. The van der Waals surface area contributed by atoms with Gasteiger partial charge in [0.05, 0.1) is 6.54 Å². The second kappa shape index (κ2) is 8.37. The van der Waals surface area contributed by atoms with E-state index in [0.29, 0.717) is 18.5 Å². The number of likely N-dealkylation sites (N-methyl/N-ethyl adjacent to an activating group) is 1. The van der Waals surface area contributed by atoms with E-state index in [2.05, 4.69) is 10.00 Å². The Balaban J connectivity index is 1.64. The molecule has 0 spiro atoms. The van der Waals surface area contributed by atoms with Gasteiger partial charge in [0, 0.05) is 32.1 Å². The Labute approximate surface area is 156 Å². The normalized spacial score (nSPS) is 20.0. The van der Waals surface area contributed by atoms with E-state index in [1.165, 1.54) is 17.5 Å². The van der Waals surface area contributed by atoms with Crippen molar-refractivity contribution in [2.45, 2.75) is 64.3 Å². The van der Waals surface area contributed by atoms with Gasteiger partial charge in [0.15, 0.2) is 0 Å². The van der Waals surface area contributed by atoms with Gasteiger partial charge < -0.3 is 4.90 Å². The maximum Gasteiger partial charge on any atom is 0.345 e. The number of hydrogen-bond acceptors (Lipinski definition) is 4. The Morgan fingerprint density at radius 1 is 1.12 bits per heavy atom. The number of piperidine rings is 1. The zero-order chi connectivity index (χ0) is 18.7. The maximum absolute atomic E-state index is 12.6. The van der Waals surface area contributed by atoms with Crippen molar-refractivity contribution in [3.8, 4) is 0 Å². The van der Waals surface area contributed by atoms with Crippen molar-refractivity contribution < 1.29 is 4.79 Å². The van der Waals surface area contributed by atoms with Crippen LogP contribution >= 0.6 is 0 Å². The van der Waals surface area contributed by atoms with Crippen LogP contribution in [0.2, 0.25) is 0 Å². The molecule has 2 fully saturated rings. The summed E-state index contributed by atoms with van der Waals surface area (Å²) in [5.41, 5.74) is 0.0334. The van der Waals surface area contributed by atoms with E-state index in [1.54, 1.807) is 7.05 Å². The fourth-order valence-corrected chi connectivity index (χ4v) is 4.50. The van der Waals surface area contributed by atoms with Crippen molar-refractivity contribution >= 4 is 5.91 Å². The SMILES string of the molecule is CCN(CC)C(=O)CN1CCC(c2nn(C)c(=O)n2C2CCCC2)CC1. The van der Waals surface area contributed by atoms with Crippen LogP contribution in [-0.4, -0.2) is 62.8 Å². The average Bonchev–Trinajstić information content (AvgIpc) is 3.25. The largest absolute Gasteiger partial charge is 0.345 e. The Hall–Kier alpha value is -1.63. The van der Waals surface area contributed by atoms with E-state index in [-0.39, 0.29) is 11.6 Å². The van der Waals surface area contributed by atoms with E-state index in [0.717, 1.165) is 57.7 Å². The van der Waals surface area contributed by atoms with Gasteiger partial charge in [-0.15, -0.1) is 0 Å². The van der Waals surface area contributed by atoms with Crippen LogP contribution < -0.4 is 5.69 Å². The van der Waals surface area contributed by atoms with Crippen molar-refractivity contribution in [1.29, 1.82) is 0 Å². The lowest BCUT2D eigenvalue weighted by Gasteiger charge is -2.32. The second-order valence-corrected chi connectivity index (χ2v) is 7.69. The van der Waals surface area contributed by atoms with Gasteiger partial charge in [-0.05, 0) is 52.6 Å².